The van der Waals surface area contributed by atoms with Gasteiger partial charge in [-0.1, -0.05) is 25.0 Å². The molecule has 1 aliphatic carbocycles. The number of morpholine rings is 1. The van der Waals surface area contributed by atoms with Crippen LogP contribution >= 0.6 is 0 Å². The summed E-state index contributed by atoms with van der Waals surface area (Å²) in [5.74, 6) is 0.511. The fourth-order valence-electron chi connectivity index (χ4n) is 3.79. The Labute approximate surface area is 145 Å². The summed E-state index contributed by atoms with van der Waals surface area (Å²) in [4.78, 5) is 17.3. The average Bonchev–Trinajstić information content (AvgIpc) is 3.11. The molecule has 1 aromatic carbocycles. The molecule has 0 radical (unpaired) electrons. The van der Waals surface area contributed by atoms with Gasteiger partial charge < -0.3 is 4.74 Å². The van der Waals surface area contributed by atoms with Crippen LogP contribution in [0.4, 0.5) is 5.69 Å². The van der Waals surface area contributed by atoms with Crippen molar-refractivity contribution in [2.24, 2.45) is 0 Å². The Hall–Kier alpha value is -2.32. The molecule has 0 spiro atoms. The van der Waals surface area contributed by atoms with Crippen molar-refractivity contribution < 1.29 is 9.66 Å². The van der Waals surface area contributed by atoms with Crippen LogP contribution in [0.3, 0.4) is 0 Å². The van der Waals surface area contributed by atoms with Crippen LogP contribution in [0.15, 0.2) is 30.6 Å². The van der Waals surface area contributed by atoms with Gasteiger partial charge in [-0.3, -0.25) is 15.0 Å². The quantitative estimate of drug-likeness (QED) is 0.626. The van der Waals surface area contributed by atoms with Crippen molar-refractivity contribution >= 4 is 5.69 Å². The van der Waals surface area contributed by atoms with Gasteiger partial charge in [-0.2, -0.15) is 0 Å². The van der Waals surface area contributed by atoms with Gasteiger partial charge in [-0.05, 0) is 12.8 Å². The number of non-ortho nitro benzene ring substituents is 1. The van der Waals surface area contributed by atoms with Gasteiger partial charge in [0.05, 0.1) is 24.3 Å². The summed E-state index contributed by atoms with van der Waals surface area (Å²) in [5.41, 5.74) is 0.706. The molecule has 0 bridgehead atoms. The Morgan fingerprint density at radius 3 is 3.08 bits per heavy atom. The van der Waals surface area contributed by atoms with E-state index in [2.05, 4.69) is 15.0 Å². The van der Waals surface area contributed by atoms with Gasteiger partial charge in [-0.15, -0.1) is 5.10 Å². The number of hydrogen-bond donors (Lipinski definition) is 0. The highest BCUT2D eigenvalue weighted by Crippen LogP contribution is 2.28. The van der Waals surface area contributed by atoms with E-state index in [9.17, 15) is 10.1 Å². The molecule has 2 aliphatic rings. The van der Waals surface area contributed by atoms with Gasteiger partial charge in [0, 0.05) is 30.3 Å². The largest absolute Gasteiger partial charge is 0.375 e. The highest BCUT2D eigenvalue weighted by atomic mass is 16.6. The lowest BCUT2D eigenvalue weighted by Gasteiger charge is -2.43. The lowest BCUT2D eigenvalue weighted by molar-refractivity contribution is -0.384. The Kier molecular flexibility index (Phi) is 4.46. The van der Waals surface area contributed by atoms with Crippen molar-refractivity contribution in [2.75, 3.05) is 13.2 Å². The zero-order valence-corrected chi connectivity index (χ0v) is 14.0. The molecule has 2 heterocycles. The molecular formula is C17H21N5O3. The third kappa shape index (κ3) is 3.40. The molecule has 1 aromatic heterocycles. The van der Waals surface area contributed by atoms with E-state index >= 15 is 0 Å². The topological polar surface area (TPSA) is 86.3 Å². The number of ether oxygens (including phenoxy) is 1. The van der Waals surface area contributed by atoms with Crippen molar-refractivity contribution in [2.45, 2.75) is 44.5 Å². The standard InChI is InChI=1S/C17H21N5O3/c23-22(24)14-5-3-4-13(10-14)17-18-11-21(19-17)12-20-8-9-25-16-7-2-1-6-15(16)20/h3-5,10-11,15-16H,1-2,6-9,12H2/t15-,16-/m0/s1. The average molecular weight is 343 g/mol. The van der Waals surface area contributed by atoms with Crippen molar-refractivity contribution in [3.05, 3.63) is 40.7 Å². The van der Waals surface area contributed by atoms with E-state index in [-0.39, 0.29) is 5.69 Å². The predicted molar refractivity (Wildman–Crippen MR) is 90.8 cm³/mol. The minimum absolute atomic E-state index is 0.0482. The van der Waals surface area contributed by atoms with Crippen LogP contribution in [-0.4, -0.2) is 49.9 Å². The lowest BCUT2D eigenvalue weighted by atomic mass is 9.90. The molecule has 0 N–H and O–H groups in total. The number of nitrogens with zero attached hydrogens (tertiary/aromatic N) is 5. The molecule has 2 aromatic rings. The van der Waals surface area contributed by atoms with E-state index in [1.165, 1.54) is 25.0 Å². The molecule has 1 aliphatic heterocycles. The maximum atomic E-state index is 10.9. The van der Waals surface area contributed by atoms with Gasteiger partial charge in [0.15, 0.2) is 5.82 Å². The van der Waals surface area contributed by atoms with Crippen LogP contribution in [0.1, 0.15) is 25.7 Å². The predicted octanol–water partition coefficient (Wildman–Crippen LogP) is 2.45. The molecular weight excluding hydrogens is 322 g/mol. The van der Waals surface area contributed by atoms with Crippen molar-refractivity contribution in [1.29, 1.82) is 0 Å². The first kappa shape index (κ1) is 16.2. The van der Waals surface area contributed by atoms with Gasteiger partial charge in [0.2, 0.25) is 0 Å². The summed E-state index contributed by atoms with van der Waals surface area (Å²) >= 11 is 0. The SMILES string of the molecule is O=[N+]([O-])c1cccc(-c2ncn(CN3CCO[C@H]4CCCC[C@@H]43)n2)c1. The molecule has 25 heavy (non-hydrogen) atoms. The van der Waals surface area contributed by atoms with E-state index in [1.807, 2.05) is 4.68 Å². The molecule has 8 heteroatoms. The summed E-state index contributed by atoms with van der Waals surface area (Å²) in [6.07, 6.45) is 6.82. The summed E-state index contributed by atoms with van der Waals surface area (Å²) in [5, 5.41) is 15.4. The van der Waals surface area contributed by atoms with Crippen LogP contribution in [0.2, 0.25) is 0 Å². The number of aromatic nitrogens is 3. The summed E-state index contributed by atoms with van der Waals surface area (Å²) in [6, 6.07) is 6.87. The van der Waals surface area contributed by atoms with E-state index in [0.29, 0.717) is 30.2 Å². The second-order valence-electron chi connectivity index (χ2n) is 6.63. The monoisotopic (exact) mass is 343 g/mol. The minimum Gasteiger partial charge on any atom is -0.375 e. The Balaban J connectivity index is 1.49. The van der Waals surface area contributed by atoms with Gasteiger partial charge in [0.1, 0.15) is 6.33 Å². The Bertz CT molecular complexity index is 760. The Morgan fingerprint density at radius 1 is 1.32 bits per heavy atom. The highest BCUT2D eigenvalue weighted by Gasteiger charge is 2.34. The van der Waals surface area contributed by atoms with E-state index in [1.54, 1.807) is 18.5 Å². The van der Waals surface area contributed by atoms with E-state index in [0.717, 1.165) is 26.0 Å². The number of hydrogen-bond acceptors (Lipinski definition) is 6. The molecule has 2 atom stereocenters. The maximum Gasteiger partial charge on any atom is 0.270 e. The molecule has 4 rings (SSSR count). The first-order chi connectivity index (χ1) is 12.2. The zero-order chi connectivity index (χ0) is 17.2. The number of nitro benzene ring substituents is 1. The van der Waals surface area contributed by atoms with Gasteiger partial charge >= 0.3 is 0 Å². The molecule has 1 saturated carbocycles. The van der Waals surface area contributed by atoms with Crippen LogP contribution in [0, 0.1) is 10.1 Å². The number of nitro groups is 1. The molecule has 0 amide bonds. The first-order valence-electron chi connectivity index (χ1n) is 8.70. The van der Waals surface area contributed by atoms with Crippen LogP contribution < -0.4 is 0 Å². The van der Waals surface area contributed by atoms with E-state index in [4.69, 9.17) is 4.74 Å². The third-order valence-electron chi connectivity index (χ3n) is 5.03. The Morgan fingerprint density at radius 2 is 2.20 bits per heavy atom. The normalized spacial score (nSPS) is 24.0. The van der Waals surface area contributed by atoms with E-state index < -0.39 is 4.92 Å². The van der Waals surface area contributed by atoms with Gasteiger partial charge in [0.25, 0.3) is 5.69 Å². The van der Waals surface area contributed by atoms with Crippen molar-refractivity contribution in [3.8, 4) is 11.4 Å². The zero-order valence-electron chi connectivity index (χ0n) is 14.0. The number of fused-ring (bicyclic) bond motifs is 1. The van der Waals surface area contributed by atoms with Crippen LogP contribution in [0.25, 0.3) is 11.4 Å². The summed E-state index contributed by atoms with van der Waals surface area (Å²) in [6.45, 7) is 2.33. The van der Waals surface area contributed by atoms with Crippen LogP contribution in [-0.2, 0) is 11.4 Å². The lowest BCUT2D eigenvalue weighted by Crippen LogP contribution is -2.52. The van der Waals surface area contributed by atoms with Gasteiger partial charge in [-0.25, -0.2) is 9.67 Å². The molecule has 1 saturated heterocycles. The number of rotatable bonds is 4. The highest BCUT2D eigenvalue weighted by molar-refractivity contribution is 5.58. The second kappa shape index (κ2) is 6.89. The smallest absolute Gasteiger partial charge is 0.270 e. The third-order valence-corrected chi connectivity index (χ3v) is 5.03. The fourth-order valence-corrected chi connectivity index (χ4v) is 3.79. The molecule has 0 unspecified atom stereocenters. The molecule has 8 nitrogen and oxygen atoms in total. The minimum atomic E-state index is -0.405. The van der Waals surface area contributed by atoms with Crippen LogP contribution in [0.5, 0.6) is 0 Å². The van der Waals surface area contributed by atoms with Crippen molar-refractivity contribution in [1.82, 2.24) is 19.7 Å². The summed E-state index contributed by atoms with van der Waals surface area (Å²) < 4.78 is 7.72. The maximum absolute atomic E-state index is 10.9. The second-order valence-corrected chi connectivity index (χ2v) is 6.63. The molecule has 2 fully saturated rings. The first-order valence-corrected chi connectivity index (χ1v) is 8.70. The van der Waals surface area contributed by atoms with Crippen molar-refractivity contribution in [3.63, 3.8) is 0 Å². The number of benzene rings is 1. The molecule has 132 valence electrons. The summed E-state index contributed by atoms with van der Waals surface area (Å²) in [7, 11) is 0. The fraction of sp³-hybridized carbons (Fsp3) is 0.529.